The minimum Gasteiger partial charge on any atom is -0.369 e. The van der Waals surface area contributed by atoms with Crippen LogP contribution in [0.1, 0.15) is 64.5 Å². The van der Waals surface area contributed by atoms with Crippen LogP contribution in [0.3, 0.4) is 0 Å². The lowest BCUT2D eigenvalue weighted by Gasteiger charge is -2.30. The van der Waals surface area contributed by atoms with Crippen LogP contribution in [0.2, 0.25) is 0 Å². The predicted molar refractivity (Wildman–Crippen MR) is 91.7 cm³/mol. The number of hydrogen-bond donors (Lipinski definition) is 0. The molecule has 0 radical (unpaired) electrons. The third kappa shape index (κ3) is 4.89. The smallest absolute Gasteiger partial charge is 0.0999 e. The fraction of sp³-hybridized carbons (Fsp3) is 0.667. The summed E-state index contributed by atoms with van der Waals surface area (Å²) in [5.41, 5.74) is 2.39. The summed E-state index contributed by atoms with van der Waals surface area (Å²) < 4.78 is 6.23. The summed E-state index contributed by atoms with van der Waals surface area (Å²) in [6, 6.07) is 8.86. The van der Waals surface area contributed by atoms with E-state index in [-0.39, 0.29) is 5.60 Å². The van der Waals surface area contributed by atoms with Crippen LogP contribution in [0.4, 0.5) is 0 Å². The summed E-state index contributed by atoms with van der Waals surface area (Å²) in [6.45, 7) is 11.9. The van der Waals surface area contributed by atoms with Crippen molar-refractivity contribution in [3.05, 3.63) is 35.4 Å². The van der Waals surface area contributed by atoms with Crippen molar-refractivity contribution in [3.63, 3.8) is 0 Å². The largest absolute Gasteiger partial charge is 0.369 e. The highest BCUT2D eigenvalue weighted by Gasteiger charge is 2.27. The van der Waals surface area contributed by atoms with E-state index >= 15 is 0 Å². The van der Waals surface area contributed by atoms with Crippen LogP contribution in [0.25, 0.3) is 0 Å². The van der Waals surface area contributed by atoms with Gasteiger partial charge in [0.25, 0.3) is 0 Å². The van der Waals surface area contributed by atoms with E-state index in [1.54, 1.807) is 0 Å². The Morgan fingerprint density at radius 1 is 1.15 bits per heavy atom. The zero-order valence-corrected chi connectivity index (χ0v) is 15.2. The maximum absolute atomic E-state index is 6.23. The molecular weight excluding hydrogens is 312 g/mol. The normalized spacial score (nSPS) is 16.1. The average Bonchev–Trinajstić information content (AvgIpc) is 2.45. The summed E-state index contributed by atoms with van der Waals surface area (Å²) in [7, 11) is 0. The fourth-order valence-electron chi connectivity index (χ4n) is 2.32. The van der Waals surface area contributed by atoms with Gasteiger partial charge in [0.1, 0.15) is 0 Å². The minimum atomic E-state index is -0.239. The van der Waals surface area contributed by atoms with Crippen molar-refractivity contribution in [2.75, 3.05) is 11.9 Å². The highest BCUT2D eigenvalue weighted by atomic mass is 79.9. The monoisotopic (exact) mass is 340 g/mol. The maximum atomic E-state index is 6.23. The van der Waals surface area contributed by atoms with E-state index in [0.29, 0.717) is 11.8 Å². The molecule has 20 heavy (non-hydrogen) atoms. The fourth-order valence-corrected chi connectivity index (χ4v) is 2.81. The molecule has 0 aliphatic carbocycles. The van der Waals surface area contributed by atoms with Gasteiger partial charge in [-0.3, -0.25) is 0 Å². The first-order valence-electron chi connectivity index (χ1n) is 7.73. The zero-order chi connectivity index (χ0) is 15.2. The van der Waals surface area contributed by atoms with Gasteiger partial charge in [-0.25, -0.2) is 0 Å². The van der Waals surface area contributed by atoms with Gasteiger partial charge in [0, 0.05) is 5.33 Å². The van der Waals surface area contributed by atoms with Crippen molar-refractivity contribution in [1.29, 1.82) is 0 Å². The lowest BCUT2D eigenvalue weighted by Crippen LogP contribution is -2.30. The molecule has 0 saturated carbocycles. The van der Waals surface area contributed by atoms with Crippen molar-refractivity contribution in [3.8, 4) is 0 Å². The first kappa shape index (κ1) is 17.7. The Morgan fingerprint density at radius 2 is 1.75 bits per heavy atom. The molecule has 0 heterocycles. The van der Waals surface area contributed by atoms with Gasteiger partial charge in [-0.1, -0.05) is 74.3 Å². The van der Waals surface area contributed by atoms with E-state index in [1.807, 2.05) is 0 Å². The van der Waals surface area contributed by atoms with Gasteiger partial charge in [-0.2, -0.15) is 0 Å². The molecular formula is C18H29BrO. The SMILES string of the molecule is CCCC(C)COC(C)(CBr)c1ccc(C(C)C)cc1. The van der Waals surface area contributed by atoms with E-state index in [2.05, 4.69) is 74.8 Å². The molecule has 0 aliphatic rings. The van der Waals surface area contributed by atoms with E-state index in [1.165, 1.54) is 24.0 Å². The van der Waals surface area contributed by atoms with Crippen molar-refractivity contribution in [2.45, 2.75) is 59.0 Å². The molecule has 114 valence electrons. The third-order valence-electron chi connectivity index (χ3n) is 3.91. The summed E-state index contributed by atoms with van der Waals surface area (Å²) in [6.07, 6.45) is 2.45. The van der Waals surface area contributed by atoms with Gasteiger partial charge in [0.2, 0.25) is 0 Å². The molecule has 1 rings (SSSR count). The minimum absolute atomic E-state index is 0.239. The van der Waals surface area contributed by atoms with Gasteiger partial charge in [0.05, 0.1) is 12.2 Å². The molecule has 2 unspecified atom stereocenters. The van der Waals surface area contributed by atoms with Crippen LogP contribution in [0, 0.1) is 5.92 Å². The molecule has 1 aromatic rings. The van der Waals surface area contributed by atoms with Crippen molar-refractivity contribution in [1.82, 2.24) is 0 Å². The Hall–Kier alpha value is -0.340. The van der Waals surface area contributed by atoms with Crippen molar-refractivity contribution >= 4 is 15.9 Å². The number of benzene rings is 1. The van der Waals surface area contributed by atoms with Gasteiger partial charge in [-0.15, -0.1) is 0 Å². The second kappa shape index (κ2) is 8.19. The molecule has 1 nitrogen and oxygen atoms in total. The van der Waals surface area contributed by atoms with E-state index in [4.69, 9.17) is 4.74 Å². The van der Waals surface area contributed by atoms with E-state index < -0.39 is 0 Å². The summed E-state index contributed by atoms with van der Waals surface area (Å²) in [5.74, 6) is 1.19. The molecule has 1 aromatic carbocycles. The standard InChI is InChI=1S/C18H29BrO/c1-6-7-15(4)12-20-18(5,13-19)17-10-8-16(9-11-17)14(2)3/h8-11,14-15H,6-7,12-13H2,1-5H3. The number of ether oxygens (including phenoxy) is 1. The van der Waals surface area contributed by atoms with Crippen LogP contribution < -0.4 is 0 Å². The van der Waals surface area contributed by atoms with Crippen LogP contribution in [0.15, 0.2) is 24.3 Å². The molecule has 0 fully saturated rings. The maximum Gasteiger partial charge on any atom is 0.0999 e. The van der Waals surface area contributed by atoms with Gasteiger partial charge >= 0.3 is 0 Å². The topological polar surface area (TPSA) is 9.23 Å². The third-order valence-corrected chi connectivity index (χ3v) is 4.98. The first-order valence-corrected chi connectivity index (χ1v) is 8.85. The Labute approximate surface area is 133 Å². The quantitative estimate of drug-likeness (QED) is 0.537. The lowest BCUT2D eigenvalue weighted by molar-refractivity contribution is -0.0338. The Bertz CT molecular complexity index is 385. The number of rotatable bonds is 8. The summed E-state index contributed by atoms with van der Waals surface area (Å²) in [4.78, 5) is 0. The Morgan fingerprint density at radius 3 is 2.20 bits per heavy atom. The molecule has 0 spiro atoms. The molecule has 0 N–H and O–H groups in total. The van der Waals surface area contributed by atoms with E-state index in [0.717, 1.165) is 11.9 Å². The second-order valence-electron chi connectivity index (χ2n) is 6.35. The number of alkyl halides is 1. The Balaban J connectivity index is 2.76. The first-order chi connectivity index (χ1) is 9.42. The molecule has 0 bridgehead atoms. The number of halogens is 1. The van der Waals surface area contributed by atoms with Crippen LogP contribution >= 0.6 is 15.9 Å². The van der Waals surface area contributed by atoms with Crippen molar-refractivity contribution in [2.24, 2.45) is 5.92 Å². The highest BCUT2D eigenvalue weighted by molar-refractivity contribution is 9.09. The summed E-state index contributed by atoms with van der Waals surface area (Å²) in [5, 5.41) is 0.819. The lowest BCUT2D eigenvalue weighted by atomic mass is 9.94. The number of hydrogen-bond acceptors (Lipinski definition) is 1. The van der Waals surface area contributed by atoms with Crippen molar-refractivity contribution < 1.29 is 4.74 Å². The van der Waals surface area contributed by atoms with Crippen LogP contribution in [-0.4, -0.2) is 11.9 Å². The summed E-state index contributed by atoms with van der Waals surface area (Å²) >= 11 is 3.62. The van der Waals surface area contributed by atoms with Crippen LogP contribution in [0.5, 0.6) is 0 Å². The van der Waals surface area contributed by atoms with Gasteiger partial charge in [-0.05, 0) is 36.3 Å². The second-order valence-corrected chi connectivity index (χ2v) is 6.91. The van der Waals surface area contributed by atoms with E-state index in [9.17, 15) is 0 Å². The molecule has 0 saturated heterocycles. The predicted octanol–water partition coefficient (Wildman–Crippen LogP) is 5.87. The van der Waals surface area contributed by atoms with Gasteiger partial charge in [0.15, 0.2) is 0 Å². The zero-order valence-electron chi connectivity index (χ0n) is 13.6. The average molecular weight is 341 g/mol. The molecule has 0 aromatic heterocycles. The Kier molecular flexibility index (Phi) is 7.25. The van der Waals surface area contributed by atoms with Gasteiger partial charge < -0.3 is 4.74 Å². The molecule has 0 amide bonds. The molecule has 2 heteroatoms. The van der Waals surface area contributed by atoms with Crippen LogP contribution in [-0.2, 0) is 10.3 Å². The highest BCUT2D eigenvalue weighted by Crippen LogP contribution is 2.30. The molecule has 0 aliphatic heterocycles. The molecule has 2 atom stereocenters.